The van der Waals surface area contributed by atoms with E-state index in [0.717, 1.165) is 5.56 Å². The molecule has 3 aromatic rings. The largest absolute Gasteiger partial charge is 0.457 e. The zero-order valence-corrected chi connectivity index (χ0v) is 15.1. The van der Waals surface area contributed by atoms with E-state index in [0.29, 0.717) is 34.2 Å². The molecule has 0 fully saturated rings. The molecule has 27 heavy (non-hydrogen) atoms. The number of nitrogens with two attached hydrogens (primary N) is 1. The maximum atomic E-state index is 12.2. The minimum Gasteiger partial charge on any atom is -0.457 e. The van der Waals surface area contributed by atoms with Crippen molar-refractivity contribution in [2.45, 2.75) is 6.54 Å². The molecule has 136 valence electrons. The van der Waals surface area contributed by atoms with Crippen molar-refractivity contribution in [3.8, 4) is 11.5 Å². The van der Waals surface area contributed by atoms with Gasteiger partial charge in [-0.25, -0.2) is 0 Å². The Kier molecular flexibility index (Phi) is 5.74. The molecule has 3 N–H and O–H groups in total. The third kappa shape index (κ3) is 5.09. The lowest BCUT2D eigenvalue weighted by molar-refractivity contribution is 0.0949. The normalized spacial score (nSPS) is 10.3. The van der Waals surface area contributed by atoms with Gasteiger partial charge in [0.1, 0.15) is 11.5 Å². The van der Waals surface area contributed by atoms with Gasteiger partial charge in [0, 0.05) is 22.7 Å². The van der Waals surface area contributed by atoms with E-state index in [4.69, 9.17) is 22.1 Å². The Balaban J connectivity index is 1.59. The van der Waals surface area contributed by atoms with Crippen LogP contribution in [-0.4, -0.2) is 11.8 Å². The highest BCUT2D eigenvalue weighted by Crippen LogP contribution is 2.22. The van der Waals surface area contributed by atoms with E-state index in [2.05, 4.69) is 5.32 Å². The monoisotopic (exact) mass is 380 g/mol. The summed E-state index contributed by atoms with van der Waals surface area (Å²) < 4.78 is 5.69. The van der Waals surface area contributed by atoms with Crippen molar-refractivity contribution in [3.05, 3.63) is 94.5 Å². The molecule has 2 amide bonds. The summed E-state index contributed by atoms with van der Waals surface area (Å²) in [5, 5.41) is 3.48. The van der Waals surface area contributed by atoms with Crippen LogP contribution in [0.5, 0.6) is 11.5 Å². The lowest BCUT2D eigenvalue weighted by atomic mass is 10.2. The summed E-state index contributed by atoms with van der Waals surface area (Å²) in [4.78, 5) is 23.3. The molecule has 0 atom stereocenters. The van der Waals surface area contributed by atoms with E-state index >= 15 is 0 Å². The van der Waals surface area contributed by atoms with Gasteiger partial charge in [0.05, 0.1) is 0 Å². The first-order valence-corrected chi connectivity index (χ1v) is 8.59. The van der Waals surface area contributed by atoms with E-state index in [9.17, 15) is 9.59 Å². The summed E-state index contributed by atoms with van der Waals surface area (Å²) in [5.74, 6) is 0.466. The van der Waals surface area contributed by atoms with Crippen LogP contribution in [0.2, 0.25) is 5.02 Å². The number of amides is 2. The Hall–Kier alpha value is -3.31. The third-order valence-corrected chi connectivity index (χ3v) is 4.07. The summed E-state index contributed by atoms with van der Waals surface area (Å²) in [6, 6.07) is 20.6. The zero-order valence-electron chi connectivity index (χ0n) is 14.3. The molecule has 0 aliphatic heterocycles. The summed E-state index contributed by atoms with van der Waals surface area (Å²) in [5.41, 5.74) is 7.07. The van der Waals surface area contributed by atoms with Gasteiger partial charge in [-0.15, -0.1) is 0 Å². The highest BCUT2D eigenvalue weighted by molar-refractivity contribution is 6.30. The summed E-state index contributed by atoms with van der Waals surface area (Å²) in [7, 11) is 0. The molecule has 0 aliphatic carbocycles. The predicted molar refractivity (Wildman–Crippen MR) is 104 cm³/mol. The molecular weight excluding hydrogens is 364 g/mol. The highest BCUT2D eigenvalue weighted by atomic mass is 35.5. The lowest BCUT2D eigenvalue weighted by Crippen LogP contribution is -2.22. The molecule has 0 spiro atoms. The Morgan fingerprint density at radius 3 is 2.04 bits per heavy atom. The van der Waals surface area contributed by atoms with E-state index < -0.39 is 5.91 Å². The average molecular weight is 381 g/mol. The van der Waals surface area contributed by atoms with Gasteiger partial charge in [-0.05, 0) is 66.2 Å². The SMILES string of the molecule is NC(=O)c1ccc(Oc2ccc(C(=O)NCc3cccc(Cl)c3)cc2)cc1. The first-order valence-electron chi connectivity index (χ1n) is 8.22. The highest BCUT2D eigenvalue weighted by Gasteiger charge is 2.07. The van der Waals surface area contributed by atoms with Crippen LogP contribution < -0.4 is 15.8 Å². The van der Waals surface area contributed by atoms with Crippen molar-refractivity contribution in [1.82, 2.24) is 5.32 Å². The fourth-order valence-electron chi connectivity index (χ4n) is 2.43. The number of hydrogen-bond acceptors (Lipinski definition) is 3. The van der Waals surface area contributed by atoms with Crippen molar-refractivity contribution in [2.75, 3.05) is 0 Å². The zero-order chi connectivity index (χ0) is 19.2. The van der Waals surface area contributed by atoms with Crippen molar-refractivity contribution in [1.29, 1.82) is 0 Å². The maximum absolute atomic E-state index is 12.2. The minimum atomic E-state index is -0.491. The smallest absolute Gasteiger partial charge is 0.251 e. The quantitative estimate of drug-likeness (QED) is 0.673. The van der Waals surface area contributed by atoms with Gasteiger partial charge in [0.15, 0.2) is 0 Å². The molecule has 0 unspecified atom stereocenters. The van der Waals surface area contributed by atoms with Gasteiger partial charge >= 0.3 is 0 Å². The number of carbonyl (C=O) groups excluding carboxylic acids is 2. The molecule has 0 aliphatic rings. The number of carbonyl (C=O) groups is 2. The predicted octanol–water partition coefficient (Wildman–Crippen LogP) is 4.16. The molecule has 0 heterocycles. The molecule has 3 aromatic carbocycles. The number of rotatable bonds is 6. The second-order valence-corrected chi connectivity index (χ2v) is 6.26. The van der Waals surface area contributed by atoms with E-state index in [1.165, 1.54) is 0 Å². The Bertz CT molecular complexity index is 954. The fourth-order valence-corrected chi connectivity index (χ4v) is 2.64. The van der Waals surface area contributed by atoms with Crippen LogP contribution in [-0.2, 0) is 6.54 Å². The fraction of sp³-hybridized carbons (Fsp3) is 0.0476. The molecule has 0 aromatic heterocycles. The van der Waals surface area contributed by atoms with Gasteiger partial charge < -0.3 is 15.8 Å². The Labute approximate surface area is 161 Å². The van der Waals surface area contributed by atoms with Gasteiger partial charge in [0.2, 0.25) is 5.91 Å². The molecule has 0 radical (unpaired) electrons. The van der Waals surface area contributed by atoms with Gasteiger partial charge in [-0.2, -0.15) is 0 Å². The van der Waals surface area contributed by atoms with E-state index in [-0.39, 0.29) is 5.91 Å². The molecular formula is C21H17ClN2O3. The number of hydrogen-bond donors (Lipinski definition) is 2. The van der Waals surface area contributed by atoms with Crippen molar-refractivity contribution in [2.24, 2.45) is 5.73 Å². The van der Waals surface area contributed by atoms with Crippen LogP contribution in [0.25, 0.3) is 0 Å². The van der Waals surface area contributed by atoms with E-state index in [1.807, 2.05) is 18.2 Å². The number of halogens is 1. The van der Waals surface area contributed by atoms with E-state index in [1.54, 1.807) is 54.6 Å². The summed E-state index contributed by atoms with van der Waals surface area (Å²) in [6.45, 7) is 0.393. The van der Waals surface area contributed by atoms with Gasteiger partial charge in [-0.1, -0.05) is 23.7 Å². The summed E-state index contributed by atoms with van der Waals surface area (Å²) >= 11 is 5.94. The number of primary amides is 1. The molecule has 5 nitrogen and oxygen atoms in total. The molecule has 0 saturated heterocycles. The second-order valence-electron chi connectivity index (χ2n) is 5.83. The Morgan fingerprint density at radius 1 is 0.889 bits per heavy atom. The van der Waals surface area contributed by atoms with Gasteiger partial charge in [0.25, 0.3) is 5.91 Å². The van der Waals surface area contributed by atoms with Crippen LogP contribution in [0.1, 0.15) is 26.3 Å². The molecule has 0 bridgehead atoms. The maximum Gasteiger partial charge on any atom is 0.251 e. The molecule has 0 saturated carbocycles. The average Bonchev–Trinajstić information content (AvgIpc) is 2.67. The van der Waals surface area contributed by atoms with Crippen molar-refractivity contribution >= 4 is 23.4 Å². The Morgan fingerprint density at radius 2 is 1.48 bits per heavy atom. The second kappa shape index (κ2) is 8.38. The van der Waals surface area contributed by atoms with Crippen LogP contribution >= 0.6 is 11.6 Å². The number of nitrogens with one attached hydrogen (secondary N) is 1. The first-order chi connectivity index (χ1) is 13.0. The van der Waals surface area contributed by atoms with Crippen molar-refractivity contribution in [3.63, 3.8) is 0 Å². The third-order valence-electron chi connectivity index (χ3n) is 3.83. The van der Waals surface area contributed by atoms with Gasteiger partial charge in [-0.3, -0.25) is 9.59 Å². The summed E-state index contributed by atoms with van der Waals surface area (Å²) in [6.07, 6.45) is 0. The molecule has 3 rings (SSSR count). The topological polar surface area (TPSA) is 81.4 Å². The lowest BCUT2D eigenvalue weighted by Gasteiger charge is -2.08. The first kappa shape index (κ1) is 18.5. The van der Waals surface area contributed by atoms with Crippen LogP contribution in [0.15, 0.2) is 72.8 Å². The van der Waals surface area contributed by atoms with Crippen LogP contribution in [0, 0.1) is 0 Å². The van der Waals surface area contributed by atoms with Crippen LogP contribution in [0.4, 0.5) is 0 Å². The number of ether oxygens (including phenoxy) is 1. The molecule has 6 heteroatoms. The minimum absolute atomic E-state index is 0.188. The number of benzene rings is 3. The van der Waals surface area contributed by atoms with Crippen molar-refractivity contribution < 1.29 is 14.3 Å². The standard InChI is InChI=1S/C21H17ClN2O3/c22-17-3-1-2-14(12-17)13-24-21(26)16-6-10-19(11-7-16)27-18-8-4-15(5-9-18)20(23)25/h1-12H,13H2,(H2,23,25)(H,24,26). The van der Waals surface area contributed by atoms with Crippen LogP contribution in [0.3, 0.4) is 0 Å².